The monoisotopic (exact) mass is 434 g/mol. The molecule has 0 aliphatic carbocycles. The van der Waals surface area contributed by atoms with E-state index in [9.17, 15) is 5.11 Å². The van der Waals surface area contributed by atoms with Crippen molar-refractivity contribution in [1.29, 1.82) is 0 Å². The number of aliphatic hydroxyl groups is 1. The molecule has 0 saturated carbocycles. The van der Waals surface area contributed by atoms with E-state index in [0.29, 0.717) is 12.0 Å². The van der Waals surface area contributed by atoms with Gasteiger partial charge >= 0.3 is 0 Å². The SMILES string of the molecule is Cc1ccccc1-c1ccc([C@H]2[C@H]3CN(CC4CCOCC4)CCCCN3[C@H]2CO)cc1. The van der Waals surface area contributed by atoms with Gasteiger partial charge in [-0.05, 0) is 73.9 Å². The Morgan fingerprint density at radius 3 is 2.47 bits per heavy atom. The lowest BCUT2D eigenvalue weighted by atomic mass is 9.74. The van der Waals surface area contributed by atoms with E-state index in [0.717, 1.165) is 32.2 Å². The third-order valence-electron chi connectivity index (χ3n) is 8.06. The summed E-state index contributed by atoms with van der Waals surface area (Å²) in [4.78, 5) is 5.31. The molecule has 3 fully saturated rings. The molecule has 2 aromatic rings. The minimum Gasteiger partial charge on any atom is -0.395 e. The second-order valence-electron chi connectivity index (χ2n) is 10.0. The minimum absolute atomic E-state index is 0.251. The van der Waals surface area contributed by atoms with Gasteiger partial charge in [0.2, 0.25) is 0 Å². The highest BCUT2D eigenvalue weighted by Crippen LogP contribution is 2.42. The highest BCUT2D eigenvalue weighted by Gasteiger charge is 2.49. The van der Waals surface area contributed by atoms with Crippen LogP contribution in [0.15, 0.2) is 48.5 Å². The Morgan fingerprint density at radius 2 is 1.72 bits per heavy atom. The summed E-state index contributed by atoms with van der Waals surface area (Å²) in [6, 6.07) is 18.5. The van der Waals surface area contributed by atoms with E-state index in [1.807, 2.05) is 0 Å². The quantitative estimate of drug-likeness (QED) is 0.761. The van der Waals surface area contributed by atoms with Crippen molar-refractivity contribution in [3.63, 3.8) is 0 Å². The third kappa shape index (κ3) is 4.51. The fraction of sp³-hybridized carbons (Fsp3) is 0.571. The maximum Gasteiger partial charge on any atom is 0.0593 e. The molecule has 0 spiro atoms. The van der Waals surface area contributed by atoms with Gasteiger partial charge in [0.1, 0.15) is 0 Å². The summed E-state index contributed by atoms with van der Waals surface area (Å²) >= 11 is 0. The Kier molecular flexibility index (Phi) is 6.94. The molecule has 0 amide bonds. The van der Waals surface area contributed by atoms with Crippen LogP contribution in [-0.2, 0) is 4.74 Å². The van der Waals surface area contributed by atoms with Crippen LogP contribution in [0.2, 0.25) is 0 Å². The van der Waals surface area contributed by atoms with Gasteiger partial charge in [0, 0.05) is 44.3 Å². The van der Waals surface area contributed by atoms with E-state index in [1.54, 1.807) is 0 Å². The van der Waals surface area contributed by atoms with Crippen LogP contribution in [0.5, 0.6) is 0 Å². The van der Waals surface area contributed by atoms with Crippen LogP contribution < -0.4 is 0 Å². The molecular weight excluding hydrogens is 396 g/mol. The van der Waals surface area contributed by atoms with Crippen LogP contribution in [0.1, 0.15) is 42.7 Å². The number of fused-ring (bicyclic) bond motifs is 1. The van der Waals surface area contributed by atoms with Crippen molar-refractivity contribution in [2.24, 2.45) is 5.92 Å². The van der Waals surface area contributed by atoms with Crippen molar-refractivity contribution in [1.82, 2.24) is 9.80 Å². The van der Waals surface area contributed by atoms with Gasteiger partial charge in [0.15, 0.2) is 0 Å². The molecule has 3 aliphatic heterocycles. The van der Waals surface area contributed by atoms with Gasteiger partial charge in [-0.2, -0.15) is 0 Å². The lowest BCUT2D eigenvalue weighted by Crippen LogP contribution is -2.67. The first kappa shape index (κ1) is 22.1. The van der Waals surface area contributed by atoms with E-state index in [2.05, 4.69) is 65.3 Å². The van der Waals surface area contributed by atoms with Crippen molar-refractivity contribution in [3.05, 3.63) is 59.7 Å². The fourth-order valence-electron chi connectivity index (χ4n) is 6.25. The number of nitrogens with zero attached hydrogens (tertiary/aromatic N) is 2. The third-order valence-corrected chi connectivity index (χ3v) is 8.06. The first-order valence-corrected chi connectivity index (χ1v) is 12.6. The van der Waals surface area contributed by atoms with Crippen LogP contribution in [0, 0.1) is 12.8 Å². The van der Waals surface area contributed by atoms with Gasteiger partial charge in [-0.25, -0.2) is 0 Å². The number of hydrogen-bond acceptors (Lipinski definition) is 4. The Bertz CT molecular complexity index is 877. The number of aliphatic hydroxyl groups excluding tert-OH is 1. The van der Waals surface area contributed by atoms with Crippen molar-refractivity contribution < 1.29 is 9.84 Å². The zero-order valence-electron chi connectivity index (χ0n) is 19.5. The van der Waals surface area contributed by atoms with Crippen molar-refractivity contribution in [2.75, 3.05) is 46.0 Å². The lowest BCUT2D eigenvalue weighted by Gasteiger charge is -2.57. The summed E-state index contributed by atoms with van der Waals surface area (Å²) < 4.78 is 5.58. The molecule has 0 radical (unpaired) electrons. The van der Waals surface area contributed by atoms with E-state index in [1.165, 1.54) is 61.0 Å². The molecule has 172 valence electrons. The average molecular weight is 435 g/mol. The average Bonchev–Trinajstić information content (AvgIpc) is 2.81. The molecule has 5 rings (SSSR count). The largest absolute Gasteiger partial charge is 0.395 e. The van der Waals surface area contributed by atoms with E-state index in [-0.39, 0.29) is 12.6 Å². The molecular formula is C28H38N2O2. The summed E-state index contributed by atoms with van der Waals surface area (Å²) in [5.41, 5.74) is 5.28. The minimum atomic E-state index is 0.251. The van der Waals surface area contributed by atoms with Gasteiger partial charge in [-0.3, -0.25) is 4.90 Å². The zero-order valence-corrected chi connectivity index (χ0v) is 19.5. The van der Waals surface area contributed by atoms with E-state index >= 15 is 0 Å². The van der Waals surface area contributed by atoms with Crippen LogP contribution in [0.4, 0.5) is 0 Å². The molecule has 3 atom stereocenters. The topological polar surface area (TPSA) is 35.9 Å². The number of ether oxygens (including phenoxy) is 1. The van der Waals surface area contributed by atoms with Crippen LogP contribution in [0.3, 0.4) is 0 Å². The maximum atomic E-state index is 10.2. The van der Waals surface area contributed by atoms with Crippen LogP contribution in [-0.4, -0.2) is 73.0 Å². The standard InChI is InChI=1S/C28H38N2O2/c1-21-6-2-3-7-25(21)23-8-10-24(11-9-23)28-26-19-29(18-22-12-16-32-17-13-22)14-4-5-15-30(26)27(28)20-31/h2-3,6-11,22,26-28,31H,4-5,12-20H2,1H3/t26-,27+,28+/m1/s1. The first-order valence-electron chi connectivity index (χ1n) is 12.6. The summed E-state index contributed by atoms with van der Waals surface area (Å²) in [6.07, 6.45) is 4.90. The molecule has 3 saturated heterocycles. The highest BCUT2D eigenvalue weighted by molar-refractivity contribution is 5.67. The van der Waals surface area contributed by atoms with Gasteiger partial charge < -0.3 is 14.7 Å². The molecule has 0 unspecified atom stereocenters. The number of aryl methyl sites for hydroxylation is 1. The fourth-order valence-corrected chi connectivity index (χ4v) is 6.25. The molecule has 4 heteroatoms. The summed E-state index contributed by atoms with van der Waals surface area (Å²) in [7, 11) is 0. The van der Waals surface area contributed by atoms with E-state index in [4.69, 9.17) is 4.74 Å². The zero-order chi connectivity index (χ0) is 21.9. The Hall–Kier alpha value is -1.72. The second kappa shape index (κ2) is 10.0. The Labute approximate surface area is 193 Å². The van der Waals surface area contributed by atoms with Gasteiger partial charge in [-0.15, -0.1) is 0 Å². The molecule has 0 aromatic heterocycles. The molecule has 2 aromatic carbocycles. The van der Waals surface area contributed by atoms with E-state index < -0.39 is 0 Å². The highest BCUT2D eigenvalue weighted by atomic mass is 16.5. The smallest absolute Gasteiger partial charge is 0.0593 e. The number of rotatable bonds is 5. The van der Waals surface area contributed by atoms with Crippen molar-refractivity contribution in [2.45, 2.75) is 50.6 Å². The van der Waals surface area contributed by atoms with Crippen molar-refractivity contribution in [3.8, 4) is 11.1 Å². The van der Waals surface area contributed by atoms with Crippen LogP contribution >= 0.6 is 0 Å². The number of hydrogen-bond donors (Lipinski definition) is 1. The predicted octanol–water partition coefficient (Wildman–Crippen LogP) is 4.31. The van der Waals surface area contributed by atoms with Crippen LogP contribution in [0.25, 0.3) is 11.1 Å². The summed E-state index contributed by atoms with van der Waals surface area (Å²) in [5.74, 6) is 1.19. The first-order chi connectivity index (χ1) is 15.7. The molecule has 3 aliphatic rings. The Balaban J connectivity index is 1.33. The lowest BCUT2D eigenvalue weighted by molar-refractivity contribution is -0.0677. The molecule has 4 nitrogen and oxygen atoms in total. The second-order valence-corrected chi connectivity index (χ2v) is 10.0. The molecule has 3 heterocycles. The summed E-state index contributed by atoms with van der Waals surface area (Å²) in [6.45, 7) is 8.95. The normalized spacial score (nSPS) is 27.9. The number of benzene rings is 2. The van der Waals surface area contributed by atoms with Gasteiger partial charge in [0.25, 0.3) is 0 Å². The molecule has 32 heavy (non-hydrogen) atoms. The Morgan fingerprint density at radius 1 is 0.969 bits per heavy atom. The predicted molar refractivity (Wildman–Crippen MR) is 130 cm³/mol. The van der Waals surface area contributed by atoms with Gasteiger partial charge in [0.05, 0.1) is 6.61 Å². The summed E-state index contributed by atoms with van der Waals surface area (Å²) in [5, 5.41) is 10.2. The molecule has 1 N–H and O–H groups in total. The van der Waals surface area contributed by atoms with Crippen molar-refractivity contribution >= 4 is 0 Å². The molecule has 0 bridgehead atoms. The van der Waals surface area contributed by atoms with Gasteiger partial charge in [-0.1, -0.05) is 48.5 Å². The maximum absolute atomic E-state index is 10.2.